The lowest BCUT2D eigenvalue weighted by Gasteiger charge is -2.10. The molecule has 0 amide bonds. The van der Waals surface area contributed by atoms with Crippen molar-refractivity contribution in [1.29, 1.82) is 0 Å². The third-order valence-corrected chi connectivity index (χ3v) is 3.44. The van der Waals surface area contributed by atoms with Gasteiger partial charge in [-0.1, -0.05) is 35.3 Å². The molecule has 0 saturated heterocycles. The summed E-state index contributed by atoms with van der Waals surface area (Å²) in [5.74, 6) is 0.454. The maximum Gasteiger partial charge on any atom is 0.148 e. The molecular weight excluding hydrogens is 300 g/mol. The van der Waals surface area contributed by atoms with E-state index in [9.17, 15) is 4.39 Å². The van der Waals surface area contributed by atoms with Crippen molar-refractivity contribution >= 4 is 29.0 Å². The van der Waals surface area contributed by atoms with E-state index in [2.05, 4.69) is 15.3 Å². The molecule has 2 aromatic rings. The van der Waals surface area contributed by atoms with E-state index < -0.39 is 6.17 Å². The van der Waals surface area contributed by atoms with Crippen molar-refractivity contribution in [3.8, 4) is 0 Å². The number of benzene rings is 1. The topological polar surface area (TPSA) is 37.8 Å². The average Bonchev–Trinajstić information content (AvgIpc) is 2.42. The monoisotopic (exact) mass is 313 g/mol. The highest BCUT2D eigenvalue weighted by atomic mass is 35.5. The molecule has 20 heavy (non-hydrogen) atoms. The smallest absolute Gasteiger partial charge is 0.148 e. The molecule has 0 bridgehead atoms. The fraction of sp³-hybridized carbons (Fsp3) is 0.286. The van der Waals surface area contributed by atoms with Gasteiger partial charge in [0.05, 0.1) is 5.69 Å². The fourth-order valence-electron chi connectivity index (χ4n) is 1.76. The number of hydrogen-bond donors (Lipinski definition) is 1. The van der Waals surface area contributed by atoms with Gasteiger partial charge in [-0.2, -0.15) is 0 Å². The van der Waals surface area contributed by atoms with Crippen molar-refractivity contribution in [2.45, 2.75) is 19.5 Å². The molecule has 1 aromatic heterocycles. The number of alkyl halides is 1. The Morgan fingerprint density at radius 3 is 2.55 bits per heavy atom. The Hall–Kier alpha value is -1.39. The largest absolute Gasteiger partial charge is 0.368 e. The van der Waals surface area contributed by atoms with Crippen molar-refractivity contribution < 1.29 is 4.39 Å². The summed E-state index contributed by atoms with van der Waals surface area (Å²) in [6.45, 7) is 2.03. The highest BCUT2D eigenvalue weighted by molar-refractivity contribution is 6.33. The summed E-state index contributed by atoms with van der Waals surface area (Å²) >= 11 is 11.9. The normalized spacial score (nSPS) is 12.2. The van der Waals surface area contributed by atoms with E-state index in [1.807, 2.05) is 24.3 Å². The van der Waals surface area contributed by atoms with Crippen LogP contribution in [0.5, 0.6) is 0 Å². The van der Waals surface area contributed by atoms with Crippen LogP contribution in [0, 0.1) is 0 Å². The molecule has 106 valence electrons. The molecule has 0 aliphatic carbocycles. The van der Waals surface area contributed by atoms with Gasteiger partial charge in [0.1, 0.15) is 23.3 Å². The molecule has 3 nitrogen and oxygen atoms in total. The van der Waals surface area contributed by atoms with Crippen molar-refractivity contribution in [2.75, 3.05) is 11.9 Å². The van der Waals surface area contributed by atoms with E-state index in [0.29, 0.717) is 17.4 Å². The van der Waals surface area contributed by atoms with Crippen LogP contribution in [-0.2, 0) is 6.42 Å². The number of aromatic nitrogens is 2. The Kier molecular flexibility index (Phi) is 5.15. The van der Waals surface area contributed by atoms with Crippen molar-refractivity contribution in [2.24, 2.45) is 0 Å². The lowest BCUT2D eigenvalue weighted by molar-refractivity contribution is 0.365. The molecule has 1 N–H and O–H groups in total. The third-order valence-electron chi connectivity index (χ3n) is 2.81. The third kappa shape index (κ3) is 3.81. The molecule has 0 aliphatic rings. The van der Waals surface area contributed by atoms with Crippen LogP contribution in [0.2, 0.25) is 10.0 Å². The zero-order valence-electron chi connectivity index (χ0n) is 10.9. The molecular formula is C14H14Cl2FN3. The van der Waals surface area contributed by atoms with Gasteiger partial charge in [0.2, 0.25) is 0 Å². The Bertz CT molecular complexity index is 573. The van der Waals surface area contributed by atoms with Crippen LogP contribution in [0.4, 0.5) is 10.2 Å². The summed E-state index contributed by atoms with van der Waals surface area (Å²) in [6.07, 6.45) is 0.877. The number of nitrogens with zero attached hydrogens (tertiary/aromatic N) is 2. The highest BCUT2D eigenvalue weighted by Gasteiger charge is 2.14. The SMILES string of the molecule is CC(F)c1ncnc(NCCc2ccc(Cl)cc2)c1Cl. The van der Waals surface area contributed by atoms with Crippen molar-refractivity contribution in [1.82, 2.24) is 9.97 Å². The summed E-state index contributed by atoms with van der Waals surface area (Å²) in [4.78, 5) is 7.87. The molecule has 1 heterocycles. The van der Waals surface area contributed by atoms with Crippen LogP contribution < -0.4 is 5.32 Å². The van der Waals surface area contributed by atoms with Crippen LogP contribution in [0.3, 0.4) is 0 Å². The molecule has 2 rings (SSSR count). The van der Waals surface area contributed by atoms with E-state index in [4.69, 9.17) is 23.2 Å². The summed E-state index contributed by atoms with van der Waals surface area (Å²) < 4.78 is 13.3. The average molecular weight is 314 g/mol. The Morgan fingerprint density at radius 1 is 1.20 bits per heavy atom. The lowest BCUT2D eigenvalue weighted by Crippen LogP contribution is -2.08. The second kappa shape index (κ2) is 6.86. The first kappa shape index (κ1) is 15.0. The minimum absolute atomic E-state index is 0.204. The Labute approximate surface area is 127 Å². The van der Waals surface area contributed by atoms with Gasteiger partial charge in [0.15, 0.2) is 0 Å². The van der Waals surface area contributed by atoms with Crippen molar-refractivity contribution in [3.05, 3.63) is 51.9 Å². The van der Waals surface area contributed by atoms with E-state index in [1.54, 1.807) is 0 Å². The summed E-state index contributed by atoms with van der Waals surface area (Å²) in [5, 5.41) is 4.03. The molecule has 0 radical (unpaired) electrons. The van der Waals surface area contributed by atoms with Gasteiger partial charge < -0.3 is 5.32 Å². The quantitative estimate of drug-likeness (QED) is 0.885. The molecule has 0 fully saturated rings. The number of rotatable bonds is 5. The molecule has 0 saturated carbocycles. The molecule has 6 heteroatoms. The zero-order chi connectivity index (χ0) is 14.5. The van der Waals surface area contributed by atoms with Gasteiger partial charge in [-0.3, -0.25) is 0 Å². The first-order valence-corrected chi connectivity index (χ1v) is 6.96. The fourth-order valence-corrected chi connectivity index (χ4v) is 2.20. The zero-order valence-corrected chi connectivity index (χ0v) is 12.4. The predicted molar refractivity (Wildman–Crippen MR) is 80.2 cm³/mol. The first-order valence-electron chi connectivity index (χ1n) is 6.20. The number of hydrogen-bond acceptors (Lipinski definition) is 3. The minimum Gasteiger partial charge on any atom is -0.368 e. The Morgan fingerprint density at radius 2 is 1.90 bits per heavy atom. The van der Waals surface area contributed by atoms with Gasteiger partial charge in [-0.15, -0.1) is 0 Å². The molecule has 0 aliphatic heterocycles. The van der Waals surface area contributed by atoms with Crippen LogP contribution in [0.1, 0.15) is 24.4 Å². The van der Waals surface area contributed by atoms with Gasteiger partial charge in [0.25, 0.3) is 0 Å². The maximum atomic E-state index is 13.3. The van der Waals surface area contributed by atoms with E-state index in [0.717, 1.165) is 12.0 Å². The standard InChI is InChI=1S/C14H14Cl2FN3/c1-9(17)13-12(16)14(20-8-19-13)18-7-6-10-2-4-11(15)5-3-10/h2-5,8-9H,6-7H2,1H3,(H,18,19,20). The van der Waals surface area contributed by atoms with Crippen LogP contribution in [0.25, 0.3) is 0 Å². The van der Waals surface area contributed by atoms with Gasteiger partial charge in [0, 0.05) is 11.6 Å². The van der Waals surface area contributed by atoms with Crippen LogP contribution in [-0.4, -0.2) is 16.5 Å². The van der Waals surface area contributed by atoms with Gasteiger partial charge in [-0.25, -0.2) is 14.4 Å². The molecule has 0 spiro atoms. The number of nitrogens with one attached hydrogen (secondary N) is 1. The van der Waals surface area contributed by atoms with Crippen LogP contribution >= 0.6 is 23.2 Å². The highest BCUT2D eigenvalue weighted by Crippen LogP contribution is 2.28. The summed E-state index contributed by atoms with van der Waals surface area (Å²) in [7, 11) is 0. The molecule has 1 unspecified atom stereocenters. The Balaban J connectivity index is 1.97. The first-order chi connectivity index (χ1) is 9.58. The lowest BCUT2D eigenvalue weighted by atomic mass is 10.1. The number of anilines is 1. The van der Waals surface area contributed by atoms with E-state index in [-0.39, 0.29) is 10.7 Å². The van der Waals surface area contributed by atoms with Gasteiger partial charge in [-0.05, 0) is 31.0 Å². The maximum absolute atomic E-state index is 13.3. The summed E-state index contributed by atoms with van der Waals surface area (Å²) in [6, 6.07) is 7.61. The van der Waals surface area contributed by atoms with E-state index >= 15 is 0 Å². The second-order valence-corrected chi connectivity index (χ2v) is 5.16. The molecule has 1 atom stereocenters. The summed E-state index contributed by atoms with van der Waals surface area (Å²) in [5.41, 5.74) is 1.35. The van der Waals surface area contributed by atoms with Crippen LogP contribution in [0.15, 0.2) is 30.6 Å². The molecule has 1 aromatic carbocycles. The number of halogens is 3. The second-order valence-electron chi connectivity index (χ2n) is 4.34. The minimum atomic E-state index is -1.22. The van der Waals surface area contributed by atoms with Gasteiger partial charge >= 0.3 is 0 Å². The predicted octanol–water partition coefficient (Wildman–Crippen LogP) is 4.47. The van der Waals surface area contributed by atoms with Crippen molar-refractivity contribution in [3.63, 3.8) is 0 Å². The van der Waals surface area contributed by atoms with E-state index in [1.165, 1.54) is 13.3 Å².